The number of hydrogen-bond donors (Lipinski definition) is 0. The first-order chi connectivity index (χ1) is 11.5. The van der Waals surface area contributed by atoms with Crippen molar-refractivity contribution in [3.8, 4) is 11.5 Å². The van der Waals surface area contributed by atoms with Crippen LogP contribution in [-0.4, -0.2) is 14.7 Å². The number of benzene rings is 2. The summed E-state index contributed by atoms with van der Waals surface area (Å²) in [6, 6.07) is 11.5. The Bertz CT molecular complexity index is 842. The van der Waals surface area contributed by atoms with Gasteiger partial charge in [-0.3, -0.25) is 0 Å². The standard InChI is InChI=1S/C20H26O4S/c1-14-8-7-9-15(2)19(14)23-13-16-10-17(20(3,4)5)12-18(11-16)24-25(6,21)22/h7-12H,13H2,1-6H3. The average molecular weight is 362 g/mol. The van der Waals surface area contributed by atoms with E-state index in [1.54, 1.807) is 12.1 Å². The SMILES string of the molecule is Cc1cccc(C)c1OCc1cc(OS(C)(=O)=O)cc(C(C)(C)C)c1. The molecule has 0 aliphatic rings. The molecular formula is C20H26O4S. The molecular weight excluding hydrogens is 336 g/mol. The molecule has 2 aromatic carbocycles. The summed E-state index contributed by atoms with van der Waals surface area (Å²) in [6.07, 6.45) is 1.05. The highest BCUT2D eigenvalue weighted by Crippen LogP contribution is 2.30. The summed E-state index contributed by atoms with van der Waals surface area (Å²) in [7, 11) is -3.58. The second kappa shape index (κ2) is 7.08. The second-order valence-electron chi connectivity index (χ2n) is 7.41. The van der Waals surface area contributed by atoms with Crippen molar-refractivity contribution in [3.63, 3.8) is 0 Å². The van der Waals surface area contributed by atoms with Crippen LogP contribution in [0.5, 0.6) is 11.5 Å². The Balaban J connectivity index is 2.34. The van der Waals surface area contributed by atoms with Gasteiger partial charge in [0.05, 0.1) is 6.26 Å². The average Bonchev–Trinajstić information content (AvgIpc) is 2.43. The molecule has 0 fully saturated rings. The normalized spacial score (nSPS) is 12.1. The highest BCUT2D eigenvalue weighted by molar-refractivity contribution is 7.86. The molecule has 0 spiro atoms. The molecule has 0 atom stereocenters. The Morgan fingerprint density at radius 2 is 1.60 bits per heavy atom. The zero-order valence-electron chi connectivity index (χ0n) is 15.7. The topological polar surface area (TPSA) is 52.6 Å². The molecule has 0 saturated heterocycles. The third-order valence-electron chi connectivity index (χ3n) is 3.87. The Labute approximate surface area is 150 Å². The quantitative estimate of drug-likeness (QED) is 0.734. The fraction of sp³-hybridized carbons (Fsp3) is 0.400. The van der Waals surface area contributed by atoms with Gasteiger partial charge < -0.3 is 8.92 Å². The number of rotatable bonds is 5. The van der Waals surface area contributed by atoms with Gasteiger partial charge in [0.15, 0.2) is 0 Å². The number of ether oxygens (including phenoxy) is 1. The van der Waals surface area contributed by atoms with Crippen LogP contribution in [0.3, 0.4) is 0 Å². The first kappa shape index (κ1) is 19.3. The minimum atomic E-state index is -3.58. The van der Waals surface area contributed by atoms with E-state index in [4.69, 9.17) is 8.92 Å². The summed E-state index contributed by atoms with van der Waals surface area (Å²) < 4.78 is 34.1. The molecule has 0 amide bonds. The molecule has 4 nitrogen and oxygen atoms in total. The minimum Gasteiger partial charge on any atom is -0.488 e. The maximum absolute atomic E-state index is 11.5. The lowest BCUT2D eigenvalue weighted by Gasteiger charge is -2.21. The van der Waals surface area contributed by atoms with E-state index in [2.05, 4.69) is 20.8 Å². The van der Waals surface area contributed by atoms with E-state index >= 15 is 0 Å². The molecule has 0 saturated carbocycles. The number of hydrogen-bond acceptors (Lipinski definition) is 4. The zero-order chi connectivity index (χ0) is 18.8. The van der Waals surface area contributed by atoms with Crippen molar-refractivity contribution in [1.82, 2.24) is 0 Å². The Hall–Kier alpha value is -2.01. The lowest BCUT2D eigenvalue weighted by Crippen LogP contribution is -2.13. The molecule has 0 heterocycles. The van der Waals surface area contributed by atoms with E-state index in [0.29, 0.717) is 12.4 Å². The van der Waals surface area contributed by atoms with Crippen molar-refractivity contribution in [3.05, 3.63) is 58.7 Å². The molecule has 0 aliphatic heterocycles. The van der Waals surface area contributed by atoms with Gasteiger partial charge >= 0.3 is 10.1 Å². The van der Waals surface area contributed by atoms with Crippen LogP contribution in [0.1, 0.15) is 43.0 Å². The van der Waals surface area contributed by atoms with Gasteiger partial charge in [0.1, 0.15) is 18.1 Å². The van der Waals surface area contributed by atoms with Crippen molar-refractivity contribution >= 4 is 10.1 Å². The number of aryl methyl sites for hydroxylation is 2. The predicted octanol–water partition coefficient (Wildman–Crippen LogP) is 4.52. The van der Waals surface area contributed by atoms with Crippen molar-refractivity contribution in [1.29, 1.82) is 0 Å². The van der Waals surface area contributed by atoms with E-state index in [0.717, 1.165) is 34.3 Å². The zero-order valence-corrected chi connectivity index (χ0v) is 16.5. The third-order valence-corrected chi connectivity index (χ3v) is 4.37. The molecule has 0 aromatic heterocycles. The summed E-state index contributed by atoms with van der Waals surface area (Å²) in [6.45, 7) is 10.6. The van der Waals surface area contributed by atoms with Crippen molar-refractivity contribution in [2.45, 2.75) is 46.6 Å². The second-order valence-corrected chi connectivity index (χ2v) is 8.99. The first-order valence-electron chi connectivity index (χ1n) is 8.18. The van der Waals surface area contributed by atoms with Crippen LogP contribution in [0.15, 0.2) is 36.4 Å². The Morgan fingerprint density at radius 1 is 1.00 bits per heavy atom. The van der Waals surface area contributed by atoms with Crippen LogP contribution in [0.4, 0.5) is 0 Å². The van der Waals surface area contributed by atoms with Crippen LogP contribution in [0, 0.1) is 13.8 Å². The van der Waals surface area contributed by atoms with Crippen molar-refractivity contribution in [2.75, 3.05) is 6.26 Å². The van der Waals surface area contributed by atoms with E-state index in [9.17, 15) is 8.42 Å². The van der Waals surface area contributed by atoms with Gasteiger partial charge in [0, 0.05) is 0 Å². The maximum atomic E-state index is 11.5. The highest BCUT2D eigenvalue weighted by atomic mass is 32.2. The Kier molecular flexibility index (Phi) is 5.47. The first-order valence-corrected chi connectivity index (χ1v) is 10.0. The maximum Gasteiger partial charge on any atom is 0.306 e. The van der Waals surface area contributed by atoms with Gasteiger partial charge in [-0.15, -0.1) is 0 Å². The lowest BCUT2D eigenvalue weighted by molar-refractivity contribution is 0.301. The molecule has 136 valence electrons. The van der Waals surface area contributed by atoms with Crippen LogP contribution in [0.2, 0.25) is 0 Å². The third kappa shape index (κ3) is 5.49. The fourth-order valence-corrected chi connectivity index (χ4v) is 3.03. The minimum absolute atomic E-state index is 0.135. The lowest BCUT2D eigenvalue weighted by atomic mass is 9.86. The van der Waals surface area contributed by atoms with Crippen LogP contribution >= 0.6 is 0 Å². The van der Waals surface area contributed by atoms with Gasteiger partial charge in [-0.25, -0.2) is 0 Å². The van der Waals surface area contributed by atoms with Crippen LogP contribution < -0.4 is 8.92 Å². The largest absolute Gasteiger partial charge is 0.488 e. The summed E-state index contributed by atoms with van der Waals surface area (Å²) in [5.74, 6) is 1.17. The van der Waals surface area contributed by atoms with Gasteiger partial charge in [-0.05, 0) is 53.6 Å². The monoisotopic (exact) mass is 362 g/mol. The molecule has 2 rings (SSSR count). The van der Waals surface area contributed by atoms with Crippen LogP contribution in [0.25, 0.3) is 0 Å². The Morgan fingerprint density at radius 3 is 2.12 bits per heavy atom. The van der Waals surface area contributed by atoms with E-state index in [1.165, 1.54) is 0 Å². The van der Waals surface area contributed by atoms with Gasteiger partial charge in [-0.1, -0.05) is 45.0 Å². The summed E-state index contributed by atoms with van der Waals surface area (Å²) in [5, 5.41) is 0. The van der Waals surface area contributed by atoms with Crippen LogP contribution in [-0.2, 0) is 22.1 Å². The molecule has 0 N–H and O–H groups in total. The van der Waals surface area contributed by atoms with Gasteiger partial charge in [-0.2, -0.15) is 8.42 Å². The molecule has 0 unspecified atom stereocenters. The van der Waals surface area contributed by atoms with Crippen molar-refractivity contribution < 1.29 is 17.3 Å². The van der Waals surface area contributed by atoms with E-state index < -0.39 is 10.1 Å². The summed E-state index contributed by atoms with van der Waals surface area (Å²) in [5.41, 5.74) is 3.87. The van der Waals surface area contributed by atoms with Crippen molar-refractivity contribution in [2.24, 2.45) is 0 Å². The van der Waals surface area contributed by atoms with E-state index in [-0.39, 0.29) is 5.41 Å². The molecule has 5 heteroatoms. The molecule has 25 heavy (non-hydrogen) atoms. The smallest absolute Gasteiger partial charge is 0.306 e. The summed E-state index contributed by atoms with van der Waals surface area (Å²) >= 11 is 0. The molecule has 0 radical (unpaired) electrons. The molecule has 0 bridgehead atoms. The number of para-hydroxylation sites is 1. The molecule has 2 aromatic rings. The van der Waals surface area contributed by atoms with Gasteiger partial charge in [0.25, 0.3) is 0 Å². The highest BCUT2D eigenvalue weighted by Gasteiger charge is 2.17. The predicted molar refractivity (Wildman–Crippen MR) is 101 cm³/mol. The molecule has 0 aliphatic carbocycles. The van der Waals surface area contributed by atoms with E-state index in [1.807, 2.05) is 38.1 Å². The summed E-state index contributed by atoms with van der Waals surface area (Å²) in [4.78, 5) is 0. The van der Waals surface area contributed by atoms with Gasteiger partial charge in [0.2, 0.25) is 0 Å². The fourth-order valence-electron chi connectivity index (χ4n) is 2.58.